The maximum atomic E-state index is 14.7. The Bertz CT molecular complexity index is 2960. The molecule has 8 aromatic carbocycles. The summed E-state index contributed by atoms with van der Waals surface area (Å²) >= 11 is 0. The Labute approximate surface area is 473 Å². The van der Waals surface area contributed by atoms with Crippen LogP contribution in [0, 0.1) is 0 Å². The van der Waals surface area contributed by atoms with Gasteiger partial charge >= 0.3 is 0 Å². The van der Waals surface area contributed by atoms with Gasteiger partial charge in [0, 0.05) is 49.1 Å². The van der Waals surface area contributed by atoms with Crippen LogP contribution in [-0.4, -0.2) is 57.6 Å². The van der Waals surface area contributed by atoms with Crippen molar-refractivity contribution in [2.75, 3.05) is 0 Å². The molecule has 2 aliphatic heterocycles. The van der Waals surface area contributed by atoms with Crippen molar-refractivity contribution in [2.24, 2.45) is 0 Å². The number of hydrogen-bond donors (Lipinski definition) is 2. The Morgan fingerprint density at radius 1 is 0.350 bits per heavy atom. The molecule has 0 fully saturated rings. The van der Waals surface area contributed by atoms with Crippen molar-refractivity contribution in [3.05, 3.63) is 274 Å². The molecule has 8 aromatic rings. The number of amides is 4. The van der Waals surface area contributed by atoms with Crippen LogP contribution in [0.2, 0.25) is 0 Å². The molecule has 0 unspecified atom stereocenters. The third kappa shape index (κ3) is 14.7. The molecule has 0 aromatic heterocycles. The fraction of sp³-hybridized carbons (Fsp3) is 0.278. The highest BCUT2D eigenvalue weighted by Crippen LogP contribution is 2.30. The van der Waals surface area contributed by atoms with E-state index in [2.05, 4.69) is 132 Å². The van der Waals surface area contributed by atoms with Gasteiger partial charge in [-0.25, -0.2) is 0 Å². The number of nitrogens with zero attached hydrogens (tertiary/aromatic N) is 2. The van der Waals surface area contributed by atoms with Gasteiger partial charge in [-0.3, -0.25) is 19.2 Å². The van der Waals surface area contributed by atoms with E-state index in [1.165, 1.54) is 22.3 Å². The van der Waals surface area contributed by atoms with E-state index in [0.29, 0.717) is 37.1 Å². The molecule has 10 rings (SSSR count). The third-order valence-corrected chi connectivity index (χ3v) is 16.4. The summed E-state index contributed by atoms with van der Waals surface area (Å²) in [6.45, 7) is 0.679. The Morgan fingerprint density at radius 2 is 0.625 bits per heavy atom. The lowest BCUT2D eigenvalue weighted by Gasteiger charge is -2.37. The first-order valence-electron chi connectivity index (χ1n) is 29.0. The summed E-state index contributed by atoms with van der Waals surface area (Å²) in [5.41, 5.74) is 12.2. The first-order chi connectivity index (χ1) is 39.3. The van der Waals surface area contributed by atoms with E-state index in [1.807, 2.05) is 97.1 Å². The number of rotatable bonds is 23. The van der Waals surface area contributed by atoms with Gasteiger partial charge in [0.2, 0.25) is 11.8 Å². The first-order valence-corrected chi connectivity index (χ1v) is 29.0. The number of carbonyl (C=O) groups excluding carboxylic acids is 4. The summed E-state index contributed by atoms with van der Waals surface area (Å²) in [4.78, 5) is 62.0. The van der Waals surface area contributed by atoms with Crippen molar-refractivity contribution in [2.45, 2.75) is 127 Å². The number of aryl methyl sites for hydroxylation is 4. The van der Waals surface area contributed by atoms with Gasteiger partial charge in [0.15, 0.2) is 0 Å². The summed E-state index contributed by atoms with van der Waals surface area (Å²) < 4.78 is 0. The zero-order valence-corrected chi connectivity index (χ0v) is 45.9. The Hall–Kier alpha value is -8.36. The Balaban J connectivity index is 0.811. The standard InChI is InChI=1S/C72H74N4O4/c77-69(73-65(37-17-29-53-21-5-1-6-22-53)38-18-30-54-23-7-2-8-24-54)67-49-61-33-13-15-35-63(61)51-75(67)71(79)59-45-41-57(42-46-59)58-43-47-60(48-44-58)72(80)76-52-64-36-16-14-34-62(64)50-68(76)70(78)74-66(39-19-31-55-25-9-3-10-26-55)40-20-32-56-27-11-4-12-28-56/h1-16,21-28,33-36,41-48,65-68H,17-20,29-32,37-40,49-52H2,(H,73,77)(H,74,78)/t67-,68-/m0/s1. The molecule has 0 spiro atoms. The zero-order valence-electron chi connectivity index (χ0n) is 45.9. The maximum Gasteiger partial charge on any atom is 0.254 e. The molecule has 8 heteroatoms. The highest BCUT2D eigenvalue weighted by Gasteiger charge is 2.37. The van der Waals surface area contributed by atoms with E-state index in [1.54, 1.807) is 9.80 Å². The van der Waals surface area contributed by atoms with Gasteiger partial charge < -0.3 is 20.4 Å². The van der Waals surface area contributed by atoms with Gasteiger partial charge in [0.1, 0.15) is 12.1 Å². The van der Waals surface area contributed by atoms with Crippen molar-refractivity contribution >= 4 is 23.6 Å². The van der Waals surface area contributed by atoms with E-state index in [9.17, 15) is 19.2 Å². The predicted molar refractivity (Wildman–Crippen MR) is 321 cm³/mol. The van der Waals surface area contributed by atoms with Crippen LogP contribution in [0.5, 0.6) is 0 Å². The molecule has 0 saturated carbocycles. The van der Waals surface area contributed by atoms with Crippen LogP contribution >= 0.6 is 0 Å². The second-order valence-electron chi connectivity index (χ2n) is 21.9. The Morgan fingerprint density at radius 3 is 0.925 bits per heavy atom. The van der Waals surface area contributed by atoms with Crippen LogP contribution in [0.4, 0.5) is 0 Å². The molecular formula is C72H74N4O4. The van der Waals surface area contributed by atoms with Crippen LogP contribution in [0.3, 0.4) is 0 Å². The molecule has 80 heavy (non-hydrogen) atoms. The summed E-state index contributed by atoms with van der Waals surface area (Å²) in [7, 11) is 0. The number of fused-ring (bicyclic) bond motifs is 2. The quantitative estimate of drug-likeness (QED) is 0.0667. The highest BCUT2D eigenvalue weighted by atomic mass is 16.2. The zero-order chi connectivity index (χ0) is 54.9. The number of benzene rings is 8. The SMILES string of the molecule is O=C(NC(CCCc1ccccc1)CCCc1ccccc1)[C@@H]1Cc2ccccc2CN1C(=O)c1ccc(-c2ccc(C(=O)N3Cc4ccccc4C[C@H]3C(=O)NC(CCCc3ccccc3)CCCc3ccccc3)cc2)cc1. The highest BCUT2D eigenvalue weighted by molar-refractivity contribution is 5.99. The largest absolute Gasteiger partial charge is 0.352 e. The lowest BCUT2D eigenvalue weighted by atomic mass is 9.91. The molecule has 0 radical (unpaired) electrons. The lowest BCUT2D eigenvalue weighted by molar-refractivity contribution is -0.127. The molecule has 4 amide bonds. The van der Waals surface area contributed by atoms with Gasteiger partial charge in [0.25, 0.3) is 11.8 Å². The van der Waals surface area contributed by atoms with E-state index in [-0.39, 0.29) is 35.7 Å². The summed E-state index contributed by atoms with van der Waals surface area (Å²) in [5, 5.41) is 6.91. The van der Waals surface area contributed by atoms with Crippen LogP contribution in [-0.2, 0) is 61.2 Å². The molecule has 2 aliphatic rings. The minimum atomic E-state index is -0.664. The second-order valence-corrected chi connectivity index (χ2v) is 21.9. The molecule has 2 N–H and O–H groups in total. The van der Waals surface area contributed by atoms with Crippen LogP contribution < -0.4 is 10.6 Å². The molecule has 406 valence electrons. The second kappa shape index (κ2) is 27.5. The molecule has 2 atom stereocenters. The topological polar surface area (TPSA) is 98.8 Å². The number of nitrogens with one attached hydrogen (secondary N) is 2. The smallest absolute Gasteiger partial charge is 0.254 e. The average Bonchev–Trinajstić information content (AvgIpc) is 3.68. The molecule has 0 saturated heterocycles. The summed E-state index contributed by atoms with van der Waals surface area (Å²) in [6.07, 6.45) is 11.8. The van der Waals surface area contributed by atoms with Crippen LogP contribution in [0.15, 0.2) is 218 Å². The van der Waals surface area contributed by atoms with Crippen molar-refractivity contribution in [1.29, 1.82) is 0 Å². The van der Waals surface area contributed by atoms with Gasteiger partial charge in [-0.1, -0.05) is 194 Å². The first kappa shape index (κ1) is 55.0. The van der Waals surface area contributed by atoms with Crippen molar-refractivity contribution in [3.8, 4) is 11.1 Å². The molecular weight excluding hydrogens is 985 g/mol. The fourth-order valence-electron chi connectivity index (χ4n) is 11.8. The van der Waals surface area contributed by atoms with E-state index in [0.717, 1.165) is 110 Å². The number of hydrogen-bond acceptors (Lipinski definition) is 4. The molecule has 8 nitrogen and oxygen atoms in total. The predicted octanol–water partition coefficient (Wildman–Crippen LogP) is 13.5. The lowest BCUT2D eigenvalue weighted by Crippen LogP contribution is -2.54. The van der Waals surface area contributed by atoms with Gasteiger partial charge in [-0.15, -0.1) is 0 Å². The van der Waals surface area contributed by atoms with Crippen molar-refractivity contribution < 1.29 is 19.2 Å². The molecule has 0 aliphatic carbocycles. The monoisotopic (exact) mass is 1060 g/mol. The normalized spacial score (nSPS) is 14.8. The third-order valence-electron chi connectivity index (χ3n) is 16.4. The maximum absolute atomic E-state index is 14.7. The van der Waals surface area contributed by atoms with E-state index >= 15 is 0 Å². The van der Waals surface area contributed by atoms with Crippen molar-refractivity contribution in [1.82, 2.24) is 20.4 Å². The molecule has 0 bridgehead atoms. The van der Waals surface area contributed by atoms with E-state index < -0.39 is 12.1 Å². The summed E-state index contributed by atoms with van der Waals surface area (Å²) in [5.74, 6) is -0.608. The number of carbonyl (C=O) groups is 4. The van der Waals surface area contributed by atoms with Crippen LogP contribution in [0.25, 0.3) is 11.1 Å². The summed E-state index contributed by atoms with van der Waals surface area (Å²) in [6, 6.07) is 72.0. The minimum absolute atomic E-state index is 0.0266. The van der Waals surface area contributed by atoms with Crippen LogP contribution in [0.1, 0.15) is 117 Å². The molecule has 2 heterocycles. The van der Waals surface area contributed by atoms with Gasteiger partial charge in [-0.2, -0.15) is 0 Å². The fourth-order valence-corrected chi connectivity index (χ4v) is 11.8. The Kier molecular flexibility index (Phi) is 18.9. The minimum Gasteiger partial charge on any atom is -0.352 e. The average molecular weight is 1060 g/mol. The van der Waals surface area contributed by atoms with Crippen molar-refractivity contribution in [3.63, 3.8) is 0 Å². The van der Waals surface area contributed by atoms with Gasteiger partial charge in [0.05, 0.1) is 0 Å². The van der Waals surface area contributed by atoms with E-state index in [4.69, 9.17) is 0 Å². The van der Waals surface area contributed by atoms with Gasteiger partial charge in [-0.05, 0) is 157 Å².